The van der Waals surface area contributed by atoms with Gasteiger partial charge in [0.25, 0.3) is 5.91 Å². The fourth-order valence-corrected chi connectivity index (χ4v) is 3.21. The zero-order valence-corrected chi connectivity index (χ0v) is 20.6. The number of carbonyl (C=O) groups is 3. The molecule has 0 spiro atoms. The predicted octanol–water partition coefficient (Wildman–Crippen LogP) is 3.49. The van der Waals surface area contributed by atoms with Crippen LogP contribution >= 0.6 is 27.5 Å². The molecule has 2 aromatic rings. The van der Waals surface area contributed by atoms with E-state index in [0.29, 0.717) is 38.7 Å². The maximum Gasteiger partial charge on any atom is 0.329 e. The summed E-state index contributed by atoms with van der Waals surface area (Å²) < 4.78 is 11.4. The highest BCUT2D eigenvalue weighted by atomic mass is 79.9. The summed E-state index contributed by atoms with van der Waals surface area (Å²) in [5, 5.41) is 9.42. The number of amides is 3. The number of nitrogens with one attached hydrogen (secondary N) is 3. The number of para-hydroxylation sites is 1. The second-order valence-corrected chi connectivity index (χ2v) is 8.09. The summed E-state index contributed by atoms with van der Waals surface area (Å²) in [6.45, 7) is 3.40. The lowest BCUT2D eigenvalue weighted by Gasteiger charge is -2.14. The molecular formula is C22H24BrClN4O5. The minimum atomic E-state index is -0.873. The summed E-state index contributed by atoms with van der Waals surface area (Å²) in [6, 6.07) is 9.99. The van der Waals surface area contributed by atoms with Gasteiger partial charge in [-0.15, -0.1) is 0 Å². The van der Waals surface area contributed by atoms with Crippen LogP contribution in [0.3, 0.4) is 0 Å². The Labute approximate surface area is 205 Å². The van der Waals surface area contributed by atoms with E-state index in [2.05, 4.69) is 37.1 Å². The van der Waals surface area contributed by atoms with E-state index in [1.165, 1.54) is 13.3 Å². The summed E-state index contributed by atoms with van der Waals surface area (Å²) in [5.41, 5.74) is 3.19. The van der Waals surface area contributed by atoms with Crippen LogP contribution in [0.5, 0.6) is 11.5 Å². The lowest BCUT2D eigenvalue weighted by molar-refractivity contribution is -0.139. The van der Waals surface area contributed by atoms with Gasteiger partial charge < -0.3 is 20.1 Å². The molecule has 0 unspecified atom stereocenters. The molecule has 9 nitrogen and oxygen atoms in total. The topological polar surface area (TPSA) is 118 Å². The number of anilines is 1. The second-order valence-electron chi connectivity index (χ2n) is 6.83. The van der Waals surface area contributed by atoms with Gasteiger partial charge in [-0.3, -0.25) is 14.4 Å². The third-order valence-electron chi connectivity index (χ3n) is 4.32. The van der Waals surface area contributed by atoms with Gasteiger partial charge in [-0.25, -0.2) is 5.43 Å². The average Bonchev–Trinajstić information content (AvgIpc) is 2.79. The molecule has 0 saturated carbocycles. The van der Waals surface area contributed by atoms with Gasteiger partial charge in [0, 0.05) is 6.04 Å². The van der Waals surface area contributed by atoms with Crippen molar-refractivity contribution in [3.63, 3.8) is 0 Å². The van der Waals surface area contributed by atoms with E-state index in [-0.39, 0.29) is 12.6 Å². The number of hydrogen-bond acceptors (Lipinski definition) is 6. The molecule has 0 aromatic heterocycles. The Morgan fingerprint density at radius 1 is 1.21 bits per heavy atom. The molecule has 3 amide bonds. The van der Waals surface area contributed by atoms with Crippen LogP contribution in [-0.4, -0.2) is 43.7 Å². The molecule has 11 heteroatoms. The molecule has 176 valence electrons. The van der Waals surface area contributed by atoms with Crippen molar-refractivity contribution < 1.29 is 23.9 Å². The van der Waals surface area contributed by atoms with Crippen LogP contribution in [0, 0.1) is 0 Å². The van der Waals surface area contributed by atoms with Crippen molar-refractivity contribution in [3.8, 4) is 11.5 Å². The first-order chi connectivity index (χ1) is 15.7. The Kier molecular flexibility index (Phi) is 10.1. The van der Waals surface area contributed by atoms with Gasteiger partial charge >= 0.3 is 11.8 Å². The van der Waals surface area contributed by atoms with Gasteiger partial charge in [0.1, 0.15) is 0 Å². The minimum absolute atomic E-state index is 0.119. The molecule has 1 atom stereocenters. The van der Waals surface area contributed by atoms with Crippen LogP contribution in [0.25, 0.3) is 0 Å². The highest BCUT2D eigenvalue weighted by Crippen LogP contribution is 2.36. The van der Waals surface area contributed by atoms with Crippen LogP contribution < -0.4 is 25.5 Å². The van der Waals surface area contributed by atoms with E-state index in [9.17, 15) is 14.4 Å². The van der Waals surface area contributed by atoms with Gasteiger partial charge in [0.2, 0.25) is 0 Å². The molecule has 2 rings (SSSR count). The molecule has 0 saturated heterocycles. The Hall–Kier alpha value is -3.11. The first kappa shape index (κ1) is 26.1. The molecule has 0 radical (unpaired) electrons. The van der Waals surface area contributed by atoms with E-state index < -0.39 is 17.7 Å². The summed E-state index contributed by atoms with van der Waals surface area (Å²) in [5.74, 6) is -1.40. The highest BCUT2D eigenvalue weighted by Gasteiger charge is 2.16. The number of rotatable bonds is 9. The lowest BCUT2D eigenvalue weighted by Crippen LogP contribution is -2.41. The van der Waals surface area contributed by atoms with E-state index >= 15 is 0 Å². The number of ether oxygens (including phenoxy) is 2. The molecule has 33 heavy (non-hydrogen) atoms. The molecule has 0 fully saturated rings. The SMILES string of the molecule is CC[C@@H](C)NC(=O)C(=O)N/N=C\c1cc(Br)c(OCC(=O)Nc2ccccc2Cl)c(OC)c1. The molecule has 0 aliphatic carbocycles. The van der Waals surface area contributed by atoms with Crippen molar-refractivity contribution in [1.82, 2.24) is 10.7 Å². The molecular weight excluding hydrogens is 516 g/mol. The number of hydrazone groups is 1. The first-order valence-electron chi connectivity index (χ1n) is 9.93. The predicted molar refractivity (Wildman–Crippen MR) is 130 cm³/mol. The average molecular weight is 540 g/mol. The highest BCUT2D eigenvalue weighted by molar-refractivity contribution is 9.10. The molecule has 0 aliphatic rings. The minimum Gasteiger partial charge on any atom is -0.493 e. The third-order valence-corrected chi connectivity index (χ3v) is 5.24. The van der Waals surface area contributed by atoms with E-state index in [1.807, 2.05) is 6.92 Å². The molecule has 2 aromatic carbocycles. The Bertz CT molecular complexity index is 1050. The Morgan fingerprint density at radius 3 is 2.61 bits per heavy atom. The summed E-state index contributed by atoms with van der Waals surface area (Å²) in [4.78, 5) is 35.7. The molecule has 3 N–H and O–H groups in total. The van der Waals surface area contributed by atoms with E-state index in [4.69, 9.17) is 21.1 Å². The lowest BCUT2D eigenvalue weighted by atomic mass is 10.2. The third kappa shape index (κ3) is 8.07. The largest absolute Gasteiger partial charge is 0.493 e. The summed E-state index contributed by atoms with van der Waals surface area (Å²) >= 11 is 9.41. The summed E-state index contributed by atoms with van der Waals surface area (Å²) in [6.07, 6.45) is 2.04. The number of halogens is 2. The maximum absolute atomic E-state index is 12.2. The number of benzene rings is 2. The standard InChI is InChI=1S/C22H24BrClN4O5/c1-4-13(2)26-21(30)22(31)28-25-11-14-9-15(23)20(18(10-14)32-3)33-12-19(29)27-17-8-6-5-7-16(17)24/h5-11,13H,4,12H2,1-3H3,(H,26,30)(H,27,29)(H,28,31)/b25-11-/t13-/m1/s1. The number of carbonyl (C=O) groups excluding carboxylic acids is 3. The van der Waals surface area contributed by atoms with E-state index in [0.717, 1.165) is 0 Å². The van der Waals surface area contributed by atoms with Crippen LogP contribution in [0.15, 0.2) is 46.0 Å². The molecule has 0 bridgehead atoms. The van der Waals surface area contributed by atoms with Crippen LogP contribution in [0.2, 0.25) is 5.02 Å². The smallest absolute Gasteiger partial charge is 0.329 e. The quantitative estimate of drug-likeness (QED) is 0.256. The van der Waals surface area contributed by atoms with Gasteiger partial charge in [-0.2, -0.15) is 5.10 Å². The van der Waals surface area contributed by atoms with Gasteiger partial charge in [-0.05, 0) is 59.1 Å². The second kappa shape index (κ2) is 12.8. The van der Waals surface area contributed by atoms with Gasteiger partial charge in [-0.1, -0.05) is 30.7 Å². The number of hydrogen-bond donors (Lipinski definition) is 3. The van der Waals surface area contributed by atoms with Crippen molar-refractivity contribution >= 4 is 57.2 Å². The van der Waals surface area contributed by atoms with Gasteiger partial charge in [0.05, 0.1) is 28.5 Å². The fourth-order valence-electron chi connectivity index (χ4n) is 2.45. The van der Waals surface area contributed by atoms with Crippen LogP contribution in [-0.2, 0) is 14.4 Å². The van der Waals surface area contributed by atoms with Crippen molar-refractivity contribution in [3.05, 3.63) is 51.5 Å². The van der Waals surface area contributed by atoms with Crippen molar-refractivity contribution in [2.24, 2.45) is 5.10 Å². The zero-order chi connectivity index (χ0) is 24.4. The van der Waals surface area contributed by atoms with Crippen LogP contribution in [0.4, 0.5) is 5.69 Å². The summed E-state index contributed by atoms with van der Waals surface area (Å²) in [7, 11) is 1.44. The number of methoxy groups -OCH3 is 1. The van der Waals surface area contributed by atoms with Gasteiger partial charge in [0.15, 0.2) is 18.1 Å². The van der Waals surface area contributed by atoms with Crippen LogP contribution in [0.1, 0.15) is 25.8 Å². The molecule has 0 heterocycles. The Morgan fingerprint density at radius 2 is 1.94 bits per heavy atom. The monoisotopic (exact) mass is 538 g/mol. The number of nitrogens with zero attached hydrogens (tertiary/aromatic N) is 1. The first-order valence-corrected chi connectivity index (χ1v) is 11.1. The van der Waals surface area contributed by atoms with Crippen molar-refractivity contribution in [2.75, 3.05) is 19.0 Å². The zero-order valence-electron chi connectivity index (χ0n) is 18.3. The van der Waals surface area contributed by atoms with E-state index in [1.54, 1.807) is 43.3 Å². The van der Waals surface area contributed by atoms with Crippen molar-refractivity contribution in [2.45, 2.75) is 26.3 Å². The normalized spacial score (nSPS) is 11.5. The Balaban J connectivity index is 2.00. The van der Waals surface area contributed by atoms with Crippen molar-refractivity contribution in [1.29, 1.82) is 0 Å². The fraction of sp³-hybridized carbons (Fsp3) is 0.273. The molecule has 0 aliphatic heterocycles. The maximum atomic E-state index is 12.2.